The molecule has 1 aliphatic carbocycles. The van der Waals surface area contributed by atoms with Gasteiger partial charge in [0.2, 0.25) is 0 Å². The molecule has 3 aromatic carbocycles. The van der Waals surface area contributed by atoms with Crippen LogP contribution < -0.4 is 0 Å². The van der Waals surface area contributed by atoms with Gasteiger partial charge >= 0.3 is 0 Å². The average Bonchev–Trinajstić information content (AvgIpc) is 2.54. The molecule has 0 aliphatic heterocycles. The van der Waals surface area contributed by atoms with E-state index in [2.05, 4.69) is 54.6 Å². The van der Waals surface area contributed by atoms with Crippen molar-refractivity contribution in [1.82, 2.24) is 0 Å². The maximum Gasteiger partial charge on any atom is 0.163 e. The highest BCUT2D eigenvalue weighted by Crippen LogP contribution is 2.33. The Labute approximate surface area is 124 Å². The summed E-state index contributed by atoms with van der Waals surface area (Å²) in [5.41, 5.74) is 4.54. The summed E-state index contributed by atoms with van der Waals surface area (Å²) in [5.74, 6) is 0.293. The summed E-state index contributed by atoms with van der Waals surface area (Å²) in [5, 5.41) is 2.41. The first-order valence-corrected chi connectivity index (χ1v) is 7.47. The highest BCUT2D eigenvalue weighted by Gasteiger charge is 2.18. The Hall–Kier alpha value is -2.41. The number of hydrogen-bond donors (Lipinski definition) is 0. The van der Waals surface area contributed by atoms with E-state index >= 15 is 0 Å². The van der Waals surface area contributed by atoms with Gasteiger partial charge in [0.15, 0.2) is 5.78 Å². The van der Waals surface area contributed by atoms with Gasteiger partial charge in [0.05, 0.1) is 0 Å². The highest BCUT2D eigenvalue weighted by molar-refractivity contribution is 6.05. The normalized spacial score (nSPS) is 14.2. The van der Waals surface area contributed by atoms with Crippen LogP contribution in [0.1, 0.15) is 28.8 Å². The lowest BCUT2D eigenvalue weighted by Crippen LogP contribution is -2.10. The van der Waals surface area contributed by atoms with Gasteiger partial charge in [0, 0.05) is 12.0 Å². The van der Waals surface area contributed by atoms with E-state index in [-0.39, 0.29) is 0 Å². The van der Waals surface area contributed by atoms with Crippen LogP contribution >= 0.6 is 0 Å². The SMILES string of the molecule is O=C1CCCc2cc3cccc(-c4ccccc4)c3cc21. The fourth-order valence-corrected chi connectivity index (χ4v) is 3.28. The van der Waals surface area contributed by atoms with Gasteiger partial charge in [-0.3, -0.25) is 4.79 Å². The summed E-state index contributed by atoms with van der Waals surface area (Å²) >= 11 is 0. The van der Waals surface area contributed by atoms with E-state index in [1.807, 2.05) is 6.07 Å². The molecule has 1 nitrogen and oxygen atoms in total. The second-order valence-electron chi connectivity index (χ2n) is 5.68. The fraction of sp³-hybridized carbons (Fsp3) is 0.150. The Kier molecular flexibility index (Phi) is 2.85. The topological polar surface area (TPSA) is 17.1 Å². The predicted molar refractivity (Wildman–Crippen MR) is 86.7 cm³/mol. The lowest BCUT2D eigenvalue weighted by Gasteiger charge is -2.17. The molecule has 0 saturated carbocycles. The van der Waals surface area contributed by atoms with Crippen LogP contribution in [0.5, 0.6) is 0 Å². The molecule has 0 bridgehead atoms. The Balaban J connectivity index is 2.01. The molecule has 102 valence electrons. The summed E-state index contributed by atoms with van der Waals surface area (Å²) in [6.45, 7) is 0. The lowest BCUT2D eigenvalue weighted by molar-refractivity contribution is 0.0972. The van der Waals surface area contributed by atoms with Crippen molar-refractivity contribution in [2.45, 2.75) is 19.3 Å². The van der Waals surface area contributed by atoms with Crippen LogP contribution in [0.2, 0.25) is 0 Å². The van der Waals surface area contributed by atoms with Crippen LogP contribution in [0, 0.1) is 0 Å². The fourth-order valence-electron chi connectivity index (χ4n) is 3.28. The number of aryl methyl sites for hydroxylation is 1. The number of ketones is 1. The van der Waals surface area contributed by atoms with Crippen molar-refractivity contribution in [2.75, 3.05) is 0 Å². The van der Waals surface area contributed by atoms with E-state index in [4.69, 9.17) is 0 Å². The molecule has 0 aromatic heterocycles. The van der Waals surface area contributed by atoms with Crippen LogP contribution in [0.3, 0.4) is 0 Å². The number of fused-ring (bicyclic) bond motifs is 2. The molecule has 0 spiro atoms. The third kappa shape index (κ3) is 2.06. The minimum Gasteiger partial charge on any atom is -0.294 e. The Morgan fingerprint density at radius 1 is 0.762 bits per heavy atom. The van der Waals surface area contributed by atoms with Gasteiger partial charge in [0.25, 0.3) is 0 Å². The van der Waals surface area contributed by atoms with Gasteiger partial charge in [-0.2, -0.15) is 0 Å². The Morgan fingerprint density at radius 2 is 1.62 bits per heavy atom. The van der Waals surface area contributed by atoms with Crippen molar-refractivity contribution < 1.29 is 4.79 Å². The zero-order valence-electron chi connectivity index (χ0n) is 11.8. The predicted octanol–water partition coefficient (Wildman–Crippen LogP) is 5.03. The molecule has 0 fully saturated rings. The second kappa shape index (κ2) is 4.85. The van der Waals surface area contributed by atoms with E-state index in [0.29, 0.717) is 12.2 Å². The molecule has 0 atom stereocenters. The van der Waals surface area contributed by atoms with E-state index in [0.717, 1.165) is 18.4 Å². The van der Waals surface area contributed by atoms with Gasteiger partial charge < -0.3 is 0 Å². The lowest BCUT2D eigenvalue weighted by atomic mass is 9.86. The van der Waals surface area contributed by atoms with E-state index in [9.17, 15) is 4.79 Å². The zero-order chi connectivity index (χ0) is 14.2. The van der Waals surface area contributed by atoms with Gasteiger partial charge in [-0.25, -0.2) is 0 Å². The largest absolute Gasteiger partial charge is 0.294 e. The smallest absolute Gasteiger partial charge is 0.163 e. The van der Waals surface area contributed by atoms with E-state index < -0.39 is 0 Å². The molecule has 0 saturated heterocycles. The summed E-state index contributed by atoms with van der Waals surface area (Å²) in [6, 6.07) is 21.1. The van der Waals surface area contributed by atoms with Crippen LogP contribution in [-0.4, -0.2) is 5.78 Å². The third-order valence-corrected chi connectivity index (χ3v) is 4.34. The maximum absolute atomic E-state index is 12.2. The molecule has 4 rings (SSSR count). The first-order valence-electron chi connectivity index (χ1n) is 7.47. The number of carbonyl (C=O) groups excluding carboxylic acids is 1. The monoisotopic (exact) mass is 272 g/mol. The van der Waals surface area contributed by atoms with Crippen LogP contribution in [0.15, 0.2) is 60.7 Å². The Morgan fingerprint density at radius 3 is 2.48 bits per heavy atom. The quantitative estimate of drug-likeness (QED) is 0.607. The Bertz CT molecular complexity index is 831. The molecule has 3 aromatic rings. The molecule has 0 amide bonds. The zero-order valence-corrected chi connectivity index (χ0v) is 11.8. The van der Waals surface area contributed by atoms with Crippen molar-refractivity contribution in [3.63, 3.8) is 0 Å². The van der Waals surface area contributed by atoms with Crippen molar-refractivity contribution in [3.05, 3.63) is 71.8 Å². The molecule has 0 heterocycles. The molecule has 21 heavy (non-hydrogen) atoms. The number of Topliss-reactive ketones (excluding diaryl/α,β-unsaturated/α-hetero) is 1. The van der Waals surface area contributed by atoms with Gasteiger partial charge in [0.1, 0.15) is 0 Å². The van der Waals surface area contributed by atoms with Crippen molar-refractivity contribution in [1.29, 1.82) is 0 Å². The van der Waals surface area contributed by atoms with Gasteiger partial charge in [-0.15, -0.1) is 0 Å². The molecule has 1 heteroatoms. The van der Waals surface area contributed by atoms with Gasteiger partial charge in [-0.05, 0) is 46.4 Å². The summed E-state index contributed by atoms with van der Waals surface area (Å²) < 4.78 is 0. The number of carbonyl (C=O) groups is 1. The summed E-state index contributed by atoms with van der Waals surface area (Å²) in [6.07, 6.45) is 2.69. The first-order chi connectivity index (χ1) is 10.3. The number of rotatable bonds is 1. The summed E-state index contributed by atoms with van der Waals surface area (Å²) in [4.78, 5) is 12.2. The first kappa shape index (κ1) is 12.3. The average molecular weight is 272 g/mol. The standard InChI is InChI=1S/C20H16O/c21-20-11-5-9-16-12-15-8-4-10-17(18(15)13-19(16)20)14-6-2-1-3-7-14/h1-4,6-8,10,12-13H,5,9,11H2. The van der Waals surface area contributed by atoms with Gasteiger partial charge in [-0.1, -0.05) is 54.6 Å². The molecule has 0 radical (unpaired) electrons. The van der Waals surface area contributed by atoms with Crippen LogP contribution in [0.4, 0.5) is 0 Å². The molecule has 0 N–H and O–H groups in total. The van der Waals surface area contributed by atoms with E-state index in [1.165, 1.54) is 27.5 Å². The van der Waals surface area contributed by atoms with Crippen LogP contribution in [-0.2, 0) is 6.42 Å². The summed E-state index contributed by atoms with van der Waals surface area (Å²) in [7, 11) is 0. The number of hydrogen-bond acceptors (Lipinski definition) is 1. The molecule has 1 aliphatic rings. The van der Waals surface area contributed by atoms with Crippen molar-refractivity contribution >= 4 is 16.6 Å². The second-order valence-corrected chi connectivity index (χ2v) is 5.68. The molecule has 0 unspecified atom stereocenters. The minimum absolute atomic E-state index is 0.293. The van der Waals surface area contributed by atoms with E-state index in [1.54, 1.807) is 0 Å². The molecular formula is C20H16O. The third-order valence-electron chi connectivity index (χ3n) is 4.34. The minimum atomic E-state index is 0.293. The van der Waals surface area contributed by atoms with Crippen LogP contribution in [0.25, 0.3) is 21.9 Å². The highest BCUT2D eigenvalue weighted by atomic mass is 16.1. The van der Waals surface area contributed by atoms with Crippen molar-refractivity contribution in [2.24, 2.45) is 0 Å². The number of benzene rings is 3. The maximum atomic E-state index is 12.2. The van der Waals surface area contributed by atoms with Crippen molar-refractivity contribution in [3.8, 4) is 11.1 Å². The molecular weight excluding hydrogens is 256 g/mol.